The third-order valence-electron chi connectivity index (χ3n) is 7.40. The first-order valence-electron chi connectivity index (χ1n) is 14.3. The van der Waals surface area contributed by atoms with E-state index in [0.717, 1.165) is 40.8 Å². The molecule has 2 heterocycles. The molecule has 4 aromatic rings. The number of benzene rings is 3. The summed E-state index contributed by atoms with van der Waals surface area (Å²) in [6.45, 7) is 2.64. The summed E-state index contributed by atoms with van der Waals surface area (Å²) >= 11 is 0. The number of fused-ring (bicyclic) bond motifs is 1. The predicted molar refractivity (Wildman–Crippen MR) is 168 cm³/mol. The van der Waals surface area contributed by atoms with Crippen molar-refractivity contribution in [3.8, 4) is 28.7 Å². The van der Waals surface area contributed by atoms with Crippen LogP contribution in [0.25, 0.3) is 10.9 Å². The van der Waals surface area contributed by atoms with Crippen LogP contribution >= 0.6 is 0 Å². The van der Waals surface area contributed by atoms with Crippen LogP contribution in [0.3, 0.4) is 0 Å². The van der Waals surface area contributed by atoms with Crippen molar-refractivity contribution in [1.82, 2.24) is 9.88 Å². The molecule has 1 aliphatic rings. The van der Waals surface area contributed by atoms with Gasteiger partial charge in [-0.15, -0.1) is 0 Å². The van der Waals surface area contributed by atoms with Gasteiger partial charge < -0.3 is 39.4 Å². The molecule has 0 spiro atoms. The fourth-order valence-electron chi connectivity index (χ4n) is 5.05. The van der Waals surface area contributed by atoms with Gasteiger partial charge in [0.1, 0.15) is 5.75 Å². The molecule has 3 N–H and O–H groups in total. The maximum Gasteiger partial charge on any atom is 0.169 e. The van der Waals surface area contributed by atoms with Crippen molar-refractivity contribution in [3.05, 3.63) is 72.4 Å². The number of rotatable bonds is 12. The van der Waals surface area contributed by atoms with Gasteiger partial charge in [0.15, 0.2) is 28.8 Å². The smallest absolute Gasteiger partial charge is 0.169 e. The van der Waals surface area contributed by atoms with Crippen molar-refractivity contribution in [3.63, 3.8) is 0 Å². The van der Waals surface area contributed by atoms with Gasteiger partial charge in [0.25, 0.3) is 0 Å². The third-order valence-corrected chi connectivity index (χ3v) is 7.40. The van der Waals surface area contributed by atoms with Crippen LogP contribution in [0.2, 0.25) is 0 Å². The number of piperidine rings is 1. The van der Waals surface area contributed by atoms with Gasteiger partial charge in [-0.1, -0.05) is 12.1 Å². The van der Waals surface area contributed by atoms with Gasteiger partial charge in [-0.2, -0.15) is 0 Å². The lowest BCUT2D eigenvalue weighted by Crippen LogP contribution is -2.44. The molecule has 0 unspecified atom stereocenters. The van der Waals surface area contributed by atoms with E-state index < -0.39 is 5.79 Å². The SMILES string of the molecule is CN=Cc1cnc2cc(OCCCN3CCC(O)(O)CC3)c(OC)cc2c1Nc1ccc(Oc2ccccc2OC)cc1. The van der Waals surface area contributed by atoms with Gasteiger partial charge in [0.05, 0.1) is 32.0 Å². The van der Waals surface area contributed by atoms with Crippen molar-refractivity contribution < 1.29 is 29.2 Å². The summed E-state index contributed by atoms with van der Waals surface area (Å²) in [6, 6.07) is 19.0. The summed E-state index contributed by atoms with van der Waals surface area (Å²) < 4.78 is 23.3. The molecule has 0 atom stereocenters. The third kappa shape index (κ3) is 7.53. The van der Waals surface area contributed by atoms with Crippen molar-refractivity contribution in [2.24, 2.45) is 4.99 Å². The van der Waals surface area contributed by atoms with Crippen LogP contribution < -0.4 is 24.3 Å². The van der Waals surface area contributed by atoms with Gasteiger partial charge in [-0.25, -0.2) is 0 Å². The van der Waals surface area contributed by atoms with Crippen LogP contribution in [-0.4, -0.2) is 79.6 Å². The summed E-state index contributed by atoms with van der Waals surface area (Å²) in [7, 11) is 4.96. The number of pyridine rings is 1. The molecule has 1 aromatic heterocycles. The van der Waals surface area contributed by atoms with E-state index in [0.29, 0.717) is 61.3 Å². The molecule has 0 aliphatic carbocycles. The van der Waals surface area contributed by atoms with Crippen molar-refractivity contribution >= 4 is 28.5 Å². The molecular weight excluding hydrogens is 548 g/mol. The van der Waals surface area contributed by atoms with Crippen LogP contribution in [0, 0.1) is 0 Å². The maximum atomic E-state index is 9.75. The zero-order chi connectivity index (χ0) is 30.2. The van der Waals surface area contributed by atoms with Crippen molar-refractivity contribution in [2.45, 2.75) is 25.0 Å². The number of hydrogen-bond donors (Lipinski definition) is 3. The zero-order valence-electron chi connectivity index (χ0n) is 24.7. The quantitative estimate of drug-likeness (QED) is 0.114. The minimum absolute atomic E-state index is 0.361. The summed E-state index contributed by atoms with van der Waals surface area (Å²) in [5.41, 5.74) is 3.28. The van der Waals surface area contributed by atoms with E-state index in [-0.39, 0.29) is 0 Å². The van der Waals surface area contributed by atoms with Gasteiger partial charge in [0, 0.05) is 74.6 Å². The lowest BCUT2D eigenvalue weighted by atomic mass is 10.0. The average Bonchev–Trinajstić information content (AvgIpc) is 3.02. The lowest BCUT2D eigenvalue weighted by Gasteiger charge is -2.34. The first-order chi connectivity index (χ1) is 20.9. The Morgan fingerprint density at radius 1 is 0.953 bits per heavy atom. The summed E-state index contributed by atoms with van der Waals surface area (Å²) in [5, 5.41) is 23.9. The first kappa shape index (κ1) is 30.1. The van der Waals surface area contributed by atoms with Crippen LogP contribution in [0.1, 0.15) is 24.8 Å². The number of likely N-dealkylation sites (tertiary alicyclic amines) is 1. The monoisotopic (exact) mass is 586 g/mol. The Morgan fingerprint density at radius 2 is 1.67 bits per heavy atom. The average molecular weight is 587 g/mol. The van der Waals surface area contributed by atoms with E-state index in [1.165, 1.54) is 0 Å². The molecule has 0 radical (unpaired) electrons. The number of aliphatic hydroxyl groups is 2. The second kappa shape index (κ2) is 13.7. The molecule has 5 rings (SSSR count). The second-order valence-electron chi connectivity index (χ2n) is 10.4. The van der Waals surface area contributed by atoms with E-state index in [1.807, 2.05) is 60.7 Å². The zero-order valence-corrected chi connectivity index (χ0v) is 24.7. The lowest BCUT2D eigenvalue weighted by molar-refractivity contribution is -0.188. The van der Waals surface area contributed by atoms with E-state index in [2.05, 4.69) is 20.2 Å². The minimum atomic E-state index is -1.54. The largest absolute Gasteiger partial charge is 0.493 e. The molecule has 0 amide bonds. The number of aromatic nitrogens is 1. The molecule has 0 saturated carbocycles. The standard InChI is InChI=1S/C33H38N4O6/c1-34-21-23-22-35-27-20-31(42-18-6-15-37-16-13-33(38,39)14-17-37)30(41-3)19-26(27)32(23)36-24-9-11-25(12-10-24)43-29-8-5-4-7-28(29)40-2/h4-5,7-12,19-22,38-39H,6,13-18H2,1-3H3,(H,35,36). The van der Waals surface area contributed by atoms with Crippen LogP contribution in [0.5, 0.6) is 28.7 Å². The predicted octanol–water partition coefficient (Wildman–Crippen LogP) is 5.38. The van der Waals surface area contributed by atoms with E-state index in [9.17, 15) is 10.2 Å². The van der Waals surface area contributed by atoms with Crippen LogP contribution in [0.4, 0.5) is 11.4 Å². The molecule has 43 heavy (non-hydrogen) atoms. The Hall–Kier alpha value is -4.38. The van der Waals surface area contributed by atoms with Gasteiger partial charge in [-0.3, -0.25) is 9.98 Å². The van der Waals surface area contributed by atoms with Gasteiger partial charge in [-0.05, 0) is 48.9 Å². The molecule has 1 aliphatic heterocycles. The maximum absolute atomic E-state index is 9.75. The molecule has 3 aromatic carbocycles. The fourth-order valence-corrected chi connectivity index (χ4v) is 5.05. The Kier molecular flexibility index (Phi) is 9.61. The highest BCUT2D eigenvalue weighted by molar-refractivity contribution is 6.03. The first-order valence-corrected chi connectivity index (χ1v) is 14.3. The summed E-state index contributed by atoms with van der Waals surface area (Å²) in [4.78, 5) is 11.1. The highest BCUT2D eigenvalue weighted by Crippen LogP contribution is 2.38. The Morgan fingerprint density at radius 3 is 2.37 bits per heavy atom. The highest BCUT2D eigenvalue weighted by Gasteiger charge is 2.29. The second-order valence-corrected chi connectivity index (χ2v) is 10.4. The summed E-state index contributed by atoms with van der Waals surface area (Å²) in [6.07, 6.45) is 5.07. The number of methoxy groups -OCH3 is 2. The molecule has 10 heteroatoms. The highest BCUT2D eigenvalue weighted by atomic mass is 16.5. The molecule has 1 saturated heterocycles. The number of aliphatic imine (C=N–C) groups is 1. The topological polar surface area (TPSA) is 118 Å². The molecule has 226 valence electrons. The number of anilines is 2. The Balaban J connectivity index is 1.31. The van der Waals surface area contributed by atoms with Gasteiger partial charge in [0.2, 0.25) is 0 Å². The minimum Gasteiger partial charge on any atom is -0.493 e. The molecule has 0 bridgehead atoms. The van der Waals surface area contributed by atoms with Crippen molar-refractivity contribution in [1.29, 1.82) is 0 Å². The number of nitrogens with one attached hydrogen (secondary N) is 1. The summed E-state index contributed by atoms with van der Waals surface area (Å²) in [5.74, 6) is 1.67. The molecular formula is C33H38N4O6. The molecule has 1 fully saturated rings. The van der Waals surface area contributed by atoms with Crippen LogP contribution in [0.15, 0.2) is 71.9 Å². The Bertz CT molecular complexity index is 1550. The van der Waals surface area contributed by atoms with E-state index in [1.54, 1.807) is 33.7 Å². The number of para-hydroxylation sites is 2. The number of nitrogens with zero attached hydrogens (tertiary/aromatic N) is 3. The fraction of sp³-hybridized carbons (Fsp3) is 0.333. The Labute approximate surface area is 251 Å². The van der Waals surface area contributed by atoms with Crippen molar-refractivity contribution in [2.75, 3.05) is 52.8 Å². The van der Waals surface area contributed by atoms with E-state index >= 15 is 0 Å². The number of ether oxygens (including phenoxy) is 4. The van der Waals surface area contributed by atoms with Crippen LogP contribution in [-0.2, 0) is 0 Å². The molecule has 10 nitrogen and oxygen atoms in total. The number of hydrogen-bond acceptors (Lipinski definition) is 10. The van der Waals surface area contributed by atoms with E-state index in [4.69, 9.17) is 18.9 Å². The van der Waals surface area contributed by atoms with Gasteiger partial charge >= 0.3 is 0 Å². The normalized spacial score (nSPS) is 15.0.